The highest BCUT2D eigenvalue weighted by molar-refractivity contribution is 5.76. The number of hydrogen-bond donors (Lipinski definition) is 1. The van der Waals surface area contributed by atoms with Gasteiger partial charge in [-0.3, -0.25) is 14.3 Å². The highest BCUT2D eigenvalue weighted by atomic mass is 16.6. The van der Waals surface area contributed by atoms with Gasteiger partial charge in [0.05, 0.1) is 0 Å². The van der Waals surface area contributed by atoms with E-state index in [1.54, 1.807) is 27.7 Å². The number of carbonyl (C=O) groups is 1. The van der Waals surface area contributed by atoms with E-state index in [9.17, 15) is 14.4 Å². The number of nitrogens with one attached hydrogen (secondary N) is 1. The second-order valence-corrected chi connectivity index (χ2v) is 6.56. The normalized spacial score (nSPS) is 27.9. The van der Waals surface area contributed by atoms with Gasteiger partial charge in [-0.25, -0.2) is 9.59 Å². The van der Waals surface area contributed by atoms with E-state index in [-0.39, 0.29) is 5.92 Å². The number of hydrogen-bond acceptors (Lipinski definition) is 6. The Morgan fingerprint density at radius 3 is 2.52 bits per heavy atom. The number of aromatic nitrogens is 2. The lowest BCUT2D eigenvalue weighted by molar-refractivity contribution is -0.171. The van der Waals surface area contributed by atoms with Crippen LogP contribution in [0.3, 0.4) is 0 Å². The maximum atomic E-state index is 12.3. The summed E-state index contributed by atoms with van der Waals surface area (Å²) >= 11 is 0. The molecule has 1 fully saturated rings. The summed E-state index contributed by atoms with van der Waals surface area (Å²) in [6.45, 7) is 7.09. The summed E-state index contributed by atoms with van der Waals surface area (Å²) in [5.74, 6) is -0.828. The van der Waals surface area contributed by atoms with Gasteiger partial charge in [0, 0.05) is 25.3 Å². The van der Waals surface area contributed by atoms with E-state index in [0.29, 0.717) is 0 Å². The van der Waals surface area contributed by atoms with Crippen LogP contribution in [-0.2, 0) is 19.0 Å². The number of aromatic amines is 1. The van der Waals surface area contributed by atoms with Crippen LogP contribution < -0.4 is 11.2 Å². The van der Waals surface area contributed by atoms with Gasteiger partial charge in [-0.05, 0) is 20.8 Å². The molecule has 2 rings (SSSR count). The van der Waals surface area contributed by atoms with E-state index in [1.807, 2.05) is 0 Å². The Kier molecular flexibility index (Phi) is 4.76. The predicted molar refractivity (Wildman–Crippen MR) is 81.0 cm³/mol. The summed E-state index contributed by atoms with van der Waals surface area (Å²) in [5, 5.41) is 0. The van der Waals surface area contributed by atoms with E-state index in [2.05, 4.69) is 4.98 Å². The van der Waals surface area contributed by atoms with Gasteiger partial charge in [0.2, 0.25) is 0 Å². The van der Waals surface area contributed by atoms with Crippen LogP contribution in [-0.4, -0.2) is 40.4 Å². The fourth-order valence-electron chi connectivity index (χ4n) is 2.60. The smallest absolute Gasteiger partial charge is 0.336 e. The van der Waals surface area contributed by atoms with E-state index in [0.717, 1.165) is 0 Å². The third-order valence-corrected chi connectivity index (χ3v) is 3.60. The first kappa shape index (κ1) is 17.4. The molecule has 2 heterocycles. The quantitative estimate of drug-likeness (QED) is 0.809. The van der Waals surface area contributed by atoms with Crippen LogP contribution in [0.5, 0.6) is 0 Å². The van der Waals surface area contributed by atoms with Gasteiger partial charge in [-0.15, -0.1) is 0 Å². The Morgan fingerprint density at radius 2 is 2.00 bits per heavy atom. The Balaban J connectivity index is 2.30. The molecule has 0 saturated carbocycles. The molecular formula is C15H22N2O6. The summed E-state index contributed by atoms with van der Waals surface area (Å²) in [6, 6.07) is 1.21. The number of ether oxygens (including phenoxy) is 3. The molecule has 0 spiro atoms. The molecule has 23 heavy (non-hydrogen) atoms. The monoisotopic (exact) mass is 326 g/mol. The Bertz CT molecular complexity index is 686. The van der Waals surface area contributed by atoms with Crippen LogP contribution >= 0.6 is 0 Å². The van der Waals surface area contributed by atoms with Gasteiger partial charge in [-0.1, -0.05) is 6.92 Å². The van der Waals surface area contributed by atoms with Crippen molar-refractivity contribution < 1.29 is 19.0 Å². The molecule has 1 saturated heterocycles. The summed E-state index contributed by atoms with van der Waals surface area (Å²) in [5.41, 5.74) is -1.77. The second-order valence-electron chi connectivity index (χ2n) is 6.56. The molecule has 8 nitrogen and oxygen atoms in total. The third kappa shape index (κ3) is 3.70. The van der Waals surface area contributed by atoms with Gasteiger partial charge in [-0.2, -0.15) is 0 Å². The molecular weight excluding hydrogens is 304 g/mol. The molecule has 1 aromatic rings. The van der Waals surface area contributed by atoms with Crippen LogP contribution in [0.4, 0.5) is 0 Å². The largest absolute Gasteiger partial charge is 0.458 e. The number of esters is 1. The van der Waals surface area contributed by atoms with Crippen molar-refractivity contribution in [2.45, 2.75) is 51.7 Å². The lowest BCUT2D eigenvalue weighted by atomic mass is 10.00. The van der Waals surface area contributed by atoms with Gasteiger partial charge in [0.15, 0.2) is 12.3 Å². The molecule has 1 aliphatic rings. The fourth-order valence-corrected chi connectivity index (χ4v) is 2.60. The van der Waals surface area contributed by atoms with Crippen LogP contribution in [0.2, 0.25) is 0 Å². The topological polar surface area (TPSA) is 99.6 Å². The standard InChI is InChI=1S/C15H22N2O6/c1-8-10(21-5)12(17-7-6-9(18)16-14(17)20)22-11(8)13(19)23-15(2,3)4/h6-8,10-12H,1-5H3,(H,16,18,20)/t8-,10+,11-,12+/m0/s1. The van der Waals surface area contributed by atoms with Gasteiger partial charge in [0.25, 0.3) is 5.56 Å². The van der Waals surface area contributed by atoms with Gasteiger partial charge >= 0.3 is 11.7 Å². The minimum Gasteiger partial charge on any atom is -0.458 e. The number of rotatable bonds is 3. The van der Waals surface area contributed by atoms with Crippen LogP contribution in [0.1, 0.15) is 33.9 Å². The van der Waals surface area contributed by atoms with Crippen molar-refractivity contribution in [2.24, 2.45) is 5.92 Å². The minimum absolute atomic E-state index is 0.321. The van der Waals surface area contributed by atoms with Crippen molar-refractivity contribution in [1.82, 2.24) is 9.55 Å². The summed E-state index contributed by atoms with van der Waals surface area (Å²) in [7, 11) is 1.48. The van der Waals surface area contributed by atoms with Gasteiger partial charge < -0.3 is 14.2 Å². The Labute approximate surface area is 133 Å². The van der Waals surface area contributed by atoms with Crippen LogP contribution in [0.25, 0.3) is 0 Å². The number of carbonyl (C=O) groups excluding carboxylic acids is 1. The van der Waals surface area contributed by atoms with Crippen molar-refractivity contribution >= 4 is 5.97 Å². The average molecular weight is 326 g/mol. The van der Waals surface area contributed by atoms with E-state index in [1.165, 1.54) is 23.9 Å². The zero-order valence-corrected chi connectivity index (χ0v) is 13.9. The van der Waals surface area contributed by atoms with Gasteiger partial charge in [0.1, 0.15) is 11.7 Å². The number of methoxy groups -OCH3 is 1. The fraction of sp³-hybridized carbons (Fsp3) is 0.667. The maximum Gasteiger partial charge on any atom is 0.336 e. The Hall–Kier alpha value is -1.93. The molecule has 0 unspecified atom stereocenters. The molecule has 1 N–H and O–H groups in total. The van der Waals surface area contributed by atoms with Crippen molar-refractivity contribution in [1.29, 1.82) is 0 Å². The number of nitrogens with zero attached hydrogens (tertiary/aromatic N) is 1. The van der Waals surface area contributed by atoms with E-state index in [4.69, 9.17) is 14.2 Å². The first-order valence-corrected chi connectivity index (χ1v) is 7.36. The molecule has 0 radical (unpaired) electrons. The molecule has 8 heteroatoms. The zero-order chi connectivity index (χ0) is 17.4. The molecule has 128 valence electrons. The summed E-state index contributed by atoms with van der Waals surface area (Å²) in [6.07, 6.45) is -0.891. The van der Waals surface area contributed by atoms with Crippen molar-refractivity contribution in [3.05, 3.63) is 33.1 Å². The van der Waals surface area contributed by atoms with Crippen LogP contribution in [0, 0.1) is 5.92 Å². The molecule has 0 aromatic carbocycles. The second kappa shape index (κ2) is 6.29. The molecule has 0 amide bonds. The summed E-state index contributed by atoms with van der Waals surface area (Å²) < 4.78 is 17.7. The molecule has 1 aromatic heterocycles. The molecule has 0 aliphatic carbocycles. The third-order valence-electron chi connectivity index (χ3n) is 3.60. The lowest BCUT2D eigenvalue weighted by Crippen LogP contribution is -2.36. The first-order chi connectivity index (χ1) is 10.6. The van der Waals surface area contributed by atoms with E-state index < -0.39 is 41.3 Å². The SMILES string of the molecule is CO[C@@H]1[C@H](C)[C@@H](C(=O)OC(C)(C)C)O[C@H]1n1ccc(=O)[nH]c1=O. The number of H-pyrrole nitrogens is 1. The molecule has 0 bridgehead atoms. The zero-order valence-electron chi connectivity index (χ0n) is 13.9. The lowest BCUT2D eigenvalue weighted by Gasteiger charge is -2.23. The molecule has 1 aliphatic heterocycles. The predicted octanol–water partition coefficient (Wildman–Crippen LogP) is 0.427. The van der Waals surface area contributed by atoms with Crippen molar-refractivity contribution in [2.75, 3.05) is 7.11 Å². The summed E-state index contributed by atoms with van der Waals surface area (Å²) in [4.78, 5) is 37.6. The highest BCUT2D eigenvalue weighted by Crippen LogP contribution is 2.35. The molecule has 4 atom stereocenters. The van der Waals surface area contributed by atoms with Crippen LogP contribution in [0.15, 0.2) is 21.9 Å². The van der Waals surface area contributed by atoms with Crippen molar-refractivity contribution in [3.63, 3.8) is 0 Å². The van der Waals surface area contributed by atoms with E-state index >= 15 is 0 Å². The highest BCUT2D eigenvalue weighted by Gasteiger charge is 2.48. The minimum atomic E-state index is -0.858. The van der Waals surface area contributed by atoms with Crippen molar-refractivity contribution in [3.8, 4) is 0 Å². The first-order valence-electron chi connectivity index (χ1n) is 7.36. The average Bonchev–Trinajstić information content (AvgIpc) is 2.73. The maximum absolute atomic E-state index is 12.3. The Morgan fingerprint density at radius 1 is 1.35 bits per heavy atom.